The van der Waals surface area contributed by atoms with Crippen molar-refractivity contribution in [2.24, 2.45) is 0 Å². The molecule has 118 valence electrons. The van der Waals surface area contributed by atoms with E-state index in [1.54, 1.807) is 19.9 Å². The third-order valence-electron chi connectivity index (χ3n) is 3.75. The largest absolute Gasteiger partial charge is 0.310 e. The molecule has 1 aromatic rings. The lowest BCUT2D eigenvalue weighted by molar-refractivity contribution is 0.437. The van der Waals surface area contributed by atoms with Crippen LogP contribution in [0.15, 0.2) is 23.1 Å². The van der Waals surface area contributed by atoms with Gasteiger partial charge in [0.15, 0.2) is 0 Å². The second-order valence-electron chi connectivity index (χ2n) is 6.26. The number of hydrogen-bond acceptors (Lipinski definition) is 3. The fourth-order valence-electron chi connectivity index (χ4n) is 1.91. The topological polar surface area (TPSA) is 58.2 Å². The third kappa shape index (κ3) is 4.49. The zero-order valence-corrected chi connectivity index (χ0v) is 13.6. The molecule has 6 heteroatoms. The van der Waals surface area contributed by atoms with Gasteiger partial charge in [-0.3, -0.25) is 0 Å². The number of rotatable bonds is 7. The maximum absolute atomic E-state index is 14.1. The van der Waals surface area contributed by atoms with Crippen LogP contribution in [-0.2, 0) is 16.6 Å². The van der Waals surface area contributed by atoms with Crippen molar-refractivity contribution < 1.29 is 12.8 Å². The molecule has 0 radical (unpaired) electrons. The molecule has 0 atom stereocenters. The quantitative estimate of drug-likeness (QED) is 0.813. The molecule has 1 fully saturated rings. The van der Waals surface area contributed by atoms with Crippen LogP contribution < -0.4 is 10.0 Å². The lowest BCUT2D eigenvalue weighted by Crippen LogP contribution is -2.42. The van der Waals surface area contributed by atoms with Gasteiger partial charge in [-0.05, 0) is 50.8 Å². The summed E-state index contributed by atoms with van der Waals surface area (Å²) in [7, 11) is -3.84. The first-order valence-electron chi connectivity index (χ1n) is 7.29. The van der Waals surface area contributed by atoms with Gasteiger partial charge in [0.2, 0.25) is 10.0 Å². The fraction of sp³-hybridized carbons (Fsp3) is 0.600. The van der Waals surface area contributed by atoms with Crippen LogP contribution in [0.3, 0.4) is 0 Å². The SMILES string of the molecule is CCC(C)(C)NS(=O)(=O)c1ccc(CNC2CC2)cc1F. The first kappa shape index (κ1) is 16.4. The third-order valence-corrected chi connectivity index (χ3v) is 5.48. The maximum atomic E-state index is 14.1. The standard InChI is InChI=1S/C15H23FN2O2S/c1-4-15(2,3)18-21(19,20)14-8-5-11(9-13(14)16)10-17-12-6-7-12/h5,8-9,12,17-18H,4,6-7,10H2,1-3H3. The second kappa shape index (κ2) is 6.02. The molecular weight excluding hydrogens is 291 g/mol. The molecule has 0 bridgehead atoms. The number of halogens is 1. The normalized spacial score (nSPS) is 16.2. The number of hydrogen-bond donors (Lipinski definition) is 2. The Bertz CT molecular complexity index is 610. The average molecular weight is 314 g/mol. The van der Waals surface area contributed by atoms with Crippen molar-refractivity contribution >= 4 is 10.0 Å². The molecule has 0 aliphatic heterocycles. The van der Waals surface area contributed by atoms with Gasteiger partial charge in [-0.1, -0.05) is 13.0 Å². The van der Waals surface area contributed by atoms with Crippen molar-refractivity contribution in [3.8, 4) is 0 Å². The molecule has 21 heavy (non-hydrogen) atoms. The molecule has 0 spiro atoms. The molecule has 4 nitrogen and oxygen atoms in total. The highest BCUT2D eigenvalue weighted by molar-refractivity contribution is 7.89. The predicted molar refractivity (Wildman–Crippen MR) is 81.0 cm³/mol. The van der Waals surface area contributed by atoms with Crippen molar-refractivity contribution in [3.63, 3.8) is 0 Å². The molecule has 1 saturated carbocycles. The Morgan fingerprint density at radius 3 is 2.52 bits per heavy atom. The van der Waals surface area contributed by atoms with Crippen LogP contribution in [0.2, 0.25) is 0 Å². The number of nitrogens with one attached hydrogen (secondary N) is 2. The van der Waals surface area contributed by atoms with Gasteiger partial charge in [0.1, 0.15) is 10.7 Å². The summed E-state index contributed by atoms with van der Waals surface area (Å²) < 4.78 is 41.2. The van der Waals surface area contributed by atoms with Crippen LogP contribution in [0, 0.1) is 5.82 Å². The molecule has 0 unspecified atom stereocenters. The van der Waals surface area contributed by atoms with E-state index in [4.69, 9.17) is 0 Å². The summed E-state index contributed by atoms with van der Waals surface area (Å²) in [6.45, 7) is 5.99. The second-order valence-corrected chi connectivity index (χ2v) is 7.91. The summed E-state index contributed by atoms with van der Waals surface area (Å²) in [5.41, 5.74) is 0.158. The smallest absolute Gasteiger partial charge is 0.243 e. The van der Waals surface area contributed by atoms with Crippen molar-refractivity contribution in [3.05, 3.63) is 29.6 Å². The number of sulfonamides is 1. The van der Waals surface area contributed by atoms with Gasteiger partial charge in [-0.15, -0.1) is 0 Å². The Balaban J connectivity index is 2.15. The van der Waals surface area contributed by atoms with Crippen LogP contribution in [0.1, 0.15) is 45.6 Å². The summed E-state index contributed by atoms with van der Waals surface area (Å²) in [5.74, 6) is -0.704. The van der Waals surface area contributed by atoms with Crippen LogP contribution in [-0.4, -0.2) is 20.0 Å². The van der Waals surface area contributed by atoms with Crippen molar-refractivity contribution in [1.82, 2.24) is 10.0 Å². The molecule has 1 aliphatic carbocycles. The van der Waals surface area contributed by atoms with Crippen molar-refractivity contribution in [1.29, 1.82) is 0 Å². The molecule has 2 N–H and O–H groups in total. The molecular formula is C15H23FN2O2S. The first-order valence-corrected chi connectivity index (χ1v) is 8.77. The Hall–Kier alpha value is -0.980. The van der Waals surface area contributed by atoms with Gasteiger partial charge in [0.25, 0.3) is 0 Å². The van der Waals surface area contributed by atoms with Crippen LogP contribution in [0.4, 0.5) is 4.39 Å². The lowest BCUT2D eigenvalue weighted by Gasteiger charge is -2.24. The van der Waals surface area contributed by atoms with Crippen molar-refractivity contribution in [2.45, 2.75) is 63.1 Å². The summed E-state index contributed by atoms with van der Waals surface area (Å²) in [6.07, 6.45) is 2.94. The zero-order valence-electron chi connectivity index (χ0n) is 12.7. The van der Waals surface area contributed by atoms with E-state index in [2.05, 4.69) is 10.0 Å². The Labute approximate surface area is 126 Å². The maximum Gasteiger partial charge on any atom is 0.243 e. The Morgan fingerprint density at radius 2 is 2.00 bits per heavy atom. The van der Waals surface area contributed by atoms with Gasteiger partial charge in [-0.2, -0.15) is 0 Å². The lowest BCUT2D eigenvalue weighted by atomic mass is 10.0. The van der Waals surface area contributed by atoms with E-state index in [1.165, 1.54) is 12.1 Å². The fourth-order valence-corrected chi connectivity index (χ4v) is 3.46. The molecule has 0 saturated heterocycles. The van der Waals surface area contributed by atoms with E-state index < -0.39 is 21.4 Å². The Morgan fingerprint density at radius 1 is 1.33 bits per heavy atom. The van der Waals surface area contributed by atoms with E-state index in [0.29, 0.717) is 19.0 Å². The predicted octanol–water partition coefficient (Wildman–Crippen LogP) is 2.54. The summed E-state index contributed by atoms with van der Waals surface area (Å²) >= 11 is 0. The van der Waals surface area contributed by atoms with E-state index in [0.717, 1.165) is 18.4 Å². The molecule has 0 heterocycles. The minimum absolute atomic E-state index is 0.292. The minimum Gasteiger partial charge on any atom is -0.310 e. The first-order chi connectivity index (χ1) is 9.73. The minimum atomic E-state index is -3.84. The summed E-state index contributed by atoms with van der Waals surface area (Å²) in [6, 6.07) is 4.82. The van der Waals surface area contributed by atoms with E-state index in [9.17, 15) is 12.8 Å². The molecule has 0 amide bonds. The highest BCUT2D eigenvalue weighted by atomic mass is 32.2. The van der Waals surface area contributed by atoms with Crippen LogP contribution >= 0.6 is 0 Å². The van der Waals surface area contributed by atoms with E-state index in [-0.39, 0.29) is 4.90 Å². The van der Waals surface area contributed by atoms with Crippen molar-refractivity contribution in [2.75, 3.05) is 0 Å². The molecule has 2 rings (SSSR count). The number of benzene rings is 1. The van der Waals surface area contributed by atoms with Crippen LogP contribution in [0.25, 0.3) is 0 Å². The monoisotopic (exact) mass is 314 g/mol. The van der Waals surface area contributed by atoms with E-state index >= 15 is 0 Å². The zero-order chi connectivity index (χ0) is 15.7. The van der Waals surface area contributed by atoms with Gasteiger partial charge >= 0.3 is 0 Å². The average Bonchev–Trinajstić information content (AvgIpc) is 3.19. The summed E-state index contributed by atoms with van der Waals surface area (Å²) in [4.78, 5) is -0.292. The highest BCUT2D eigenvalue weighted by Crippen LogP contribution is 2.21. The molecule has 0 aromatic heterocycles. The summed E-state index contributed by atoms with van der Waals surface area (Å²) in [5, 5.41) is 3.27. The van der Waals surface area contributed by atoms with Gasteiger partial charge in [0.05, 0.1) is 0 Å². The van der Waals surface area contributed by atoms with Gasteiger partial charge < -0.3 is 5.32 Å². The molecule has 1 aliphatic rings. The highest BCUT2D eigenvalue weighted by Gasteiger charge is 2.27. The van der Waals surface area contributed by atoms with E-state index in [1.807, 2.05) is 6.92 Å². The van der Waals surface area contributed by atoms with Crippen LogP contribution in [0.5, 0.6) is 0 Å². The van der Waals surface area contributed by atoms with Gasteiger partial charge in [-0.25, -0.2) is 17.5 Å². The molecule has 1 aromatic carbocycles. The van der Waals surface area contributed by atoms with Gasteiger partial charge in [0, 0.05) is 18.1 Å². The Kier molecular flexibility index (Phi) is 4.70.